The highest BCUT2D eigenvalue weighted by molar-refractivity contribution is 9.10. The Balaban J connectivity index is 1.98. The van der Waals surface area contributed by atoms with Crippen molar-refractivity contribution < 1.29 is 14.7 Å². The predicted octanol–water partition coefficient (Wildman–Crippen LogP) is 3.68. The van der Waals surface area contributed by atoms with Gasteiger partial charge in [-0.1, -0.05) is 40.2 Å². The molecule has 0 aromatic heterocycles. The summed E-state index contributed by atoms with van der Waals surface area (Å²) in [5.74, 6) is 0.194. The van der Waals surface area contributed by atoms with Crippen molar-refractivity contribution in [3.63, 3.8) is 0 Å². The van der Waals surface area contributed by atoms with Crippen LogP contribution >= 0.6 is 27.7 Å². The molecule has 4 nitrogen and oxygen atoms in total. The summed E-state index contributed by atoms with van der Waals surface area (Å²) < 4.78 is 0.796. The van der Waals surface area contributed by atoms with E-state index in [1.165, 1.54) is 0 Å². The molecule has 0 spiro atoms. The van der Waals surface area contributed by atoms with E-state index in [1.807, 2.05) is 30.3 Å². The number of carbonyl (C=O) groups excluding carboxylic acids is 1. The van der Waals surface area contributed by atoms with Gasteiger partial charge in [0.05, 0.1) is 0 Å². The predicted molar refractivity (Wildman–Crippen MR) is 96.0 cm³/mol. The van der Waals surface area contributed by atoms with Crippen molar-refractivity contribution in [1.29, 1.82) is 0 Å². The van der Waals surface area contributed by atoms with E-state index in [4.69, 9.17) is 0 Å². The Morgan fingerprint density at radius 3 is 2.57 bits per heavy atom. The van der Waals surface area contributed by atoms with Crippen LogP contribution in [0.15, 0.2) is 40.9 Å². The summed E-state index contributed by atoms with van der Waals surface area (Å²) in [6.45, 7) is 0. The molecule has 0 atom stereocenters. The lowest BCUT2D eigenvalue weighted by atomic mass is 9.91. The zero-order valence-corrected chi connectivity index (χ0v) is 14.7. The van der Waals surface area contributed by atoms with Crippen molar-refractivity contribution in [3.05, 3.63) is 46.4 Å². The molecule has 0 saturated carbocycles. The molecule has 6 heteroatoms. The van der Waals surface area contributed by atoms with Gasteiger partial charge in [0.15, 0.2) is 0 Å². The van der Waals surface area contributed by atoms with Crippen LogP contribution < -0.4 is 5.32 Å². The summed E-state index contributed by atoms with van der Waals surface area (Å²) in [4.78, 5) is 24.5. The number of amides is 1. The smallest absolute Gasteiger partial charge is 0.329 e. The van der Waals surface area contributed by atoms with Crippen molar-refractivity contribution in [2.75, 3.05) is 11.5 Å². The van der Waals surface area contributed by atoms with E-state index in [2.05, 4.69) is 21.2 Å². The van der Waals surface area contributed by atoms with Crippen molar-refractivity contribution >= 4 is 50.3 Å². The van der Waals surface area contributed by atoms with Crippen LogP contribution in [0.5, 0.6) is 0 Å². The van der Waals surface area contributed by atoms with Crippen LogP contribution in [0.25, 0.3) is 10.8 Å². The Labute approximate surface area is 146 Å². The molecule has 23 heavy (non-hydrogen) atoms. The average molecular weight is 394 g/mol. The van der Waals surface area contributed by atoms with Crippen LogP contribution in [0.3, 0.4) is 0 Å². The number of carboxylic acids is 1. The van der Waals surface area contributed by atoms with E-state index in [9.17, 15) is 14.7 Å². The number of hydrogen-bond acceptors (Lipinski definition) is 3. The summed E-state index contributed by atoms with van der Waals surface area (Å²) in [6, 6.07) is 11.3. The number of carboxylic acid groups (broad SMARTS) is 1. The molecule has 3 rings (SSSR count). The zero-order chi connectivity index (χ0) is 16.4. The normalized spacial score (nSPS) is 16.9. The molecule has 0 radical (unpaired) electrons. The Bertz CT molecular complexity index is 772. The summed E-state index contributed by atoms with van der Waals surface area (Å²) in [5.41, 5.74) is -0.667. The van der Waals surface area contributed by atoms with Gasteiger partial charge in [0.25, 0.3) is 5.91 Å². The van der Waals surface area contributed by atoms with E-state index in [0.717, 1.165) is 26.8 Å². The monoisotopic (exact) mass is 393 g/mol. The minimum atomic E-state index is -1.16. The highest BCUT2D eigenvalue weighted by Gasteiger charge is 2.41. The van der Waals surface area contributed by atoms with Crippen molar-refractivity contribution in [2.45, 2.75) is 18.4 Å². The molecule has 0 bridgehead atoms. The van der Waals surface area contributed by atoms with Crippen LogP contribution in [0, 0.1) is 0 Å². The fourth-order valence-electron chi connectivity index (χ4n) is 2.86. The molecular formula is C17H16BrNO3S. The fourth-order valence-corrected chi connectivity index (χ4v) is 4.52. The van der Waals surface area contributed by atoms with Gasteiger partial charge in [-0.2, -0.15) is 11.8 Å². The quantitative estimate of drug-likeness (QED) is 0.834. The Morgan fingerprint density at radius 2 is 1.87 bits per heavy atom. The summed E-state index contributed by atoms with van der Waals surface area (Å²) in [7, 11) is 0. The molecule has 0 unspecified atom stereocenters. The van der Waals surface area contributed by atoms with Crippen LogP contribution in [-0.4, -0.2) is 34.0 Å². The summed E-state index contributed by atoms with van der Waals surface area (Å²) in [5, 5.41) is 14.2. The SMILES string of the molecule is O=C(NC1(C(=O)O)CCSCC1)c1cc(Br)cc2ccccc12. The number of rotatable bonds is 3. The first-order valence-corrected chi connectivity index (χ1v) is 9.29. The van der Waals surface area contributed by atoms with Gasteiger partial charge in [-0.25, -0.2) is 4.79 Å². The van der Waals surface area contributed by atoms with Gasteiger partial charge in [0, 0.05) is 10.0 Å². The van der Waals surface area contributed by atoms with E-state index < -0.39 is 11.5 Å². The van der Waals surface area contributed by atoms with Crippen LogP contribution in [0.1, 0.15) is 23.2 Å². The van der Waals surface area contributed by atoms with Gasteiger partial charge in [0.1, 0.15) is 5.54 Å². The maximum absolute atomic E-state index is 12.8. The Hall–Kier alpha value is -1.53. The van der Waals surface area contributed by atoms with Crippen LogP contribution in [0.2, 0.25) is 0 Å². The lowest BCUT2D eigenvalue weighted by Crippen LogP contribution is -2.56. The molecule has 2 aromatic carbocycles. The summed E-state index contributed by atoms with van der Waals surface area (Å²) in [6.07, 6.45) is 0.898. The van der Waals surface area contributed by atoms with E-state index in [1.54, 1.807) is 17.8 Å². The number of halogens is 1. The third-order valence-corrected chi connectivity index (χ3v) is 5.62. The second-order valence-corrected chi connectivity index (χ2v) is 7.77. The number of nitrogens with one attached hydrogen (secondary N) is 1. The lowest BCUT2D eigenvalue weighted by Gasteiger charge is -2.33. The second kappa shape index (κ2) is 6.53. The van der Waals surface area contributed by atoms with Gasteiger partial charge in [-0.05, 0) is 47.3 Å². The molecule has 1 heterocycles. The van der Waals surface area contributed by atoms with E-state index >= 15 is 0 Å². The molecule has 0 aliphatic carbocycles. The molecule has 2 N–H and O–H groups in total. The van der Waals surface area contributed by atoms with Crippen molar-refractivity contribution in [2.24, 2.45) is 0 Å². The number of aliphatic carboxylic acids is 1. The first kappa shape index (κ1) is 16.3. The van der Waals surface area contributed by atoms with Crippen molar-refractivity contribution in [3.8, 4) is 0 Å². The summed E-state index contributed by atoms with van der Waals surface area (Å²) >= 11 is 5.14. The Kier molecular flexibility index (Phi) is 4.64. The standard InChI is InChI=1S/C17H16BrNO3S/c18-12-9-11-3-1-2-4-13(11)14(10-12)15(20)19-17(16(21)22)5-7-23-8-6-17/h1-4,9-10H,5-8H2,(H,19,20)(H,21,22). The number of fused-ring (bicyclic) bond motifs is 1. The van der Waals surface area contributed by atoms with Gasteiger partial charge in [-0.15, -0.1) is 0 Å². The highest BCUT2D eigenvalue weighted by Crippen LogP contribution is 2.29. The van der Waals surface area contributed by atoms with Crippen molar-refractivity contribution in [1.82, 2.24) is 5.32 Å². The number of thioether (sulfide) groups is 1. The minimum Gasteiger partial charge on any atom is -0.480 e. The zero-order valence-electron chi connectivity index (χ0n) is 12.3. The third-order valence-electron chi connectivity index (χ3n) is 4.18. The van der Waals surface area contributed by atoms with E-state index in [-0.39, 0.29) is 5.91 Å². The number of carbonyl (C=O) groups is 2. The molecule has 1 amide bonds. The highest BCUT2D eigenvalue weighted by atomic mass is 79.9. The largest absolute Gasteiger partial charge is 0.480 e. The molecule has 120 valence electrons. The van der Waals surface area contributed by atoms with Gasteiger partial charge < -0.3 is 10.4 Å². The van der Waals surface area contributed by atoms with Gasteiger partial charge in [-0.3, -0.25) is 4.79 Å². The third kappa shape index (κ3) is 3.23. The molecule has 1 aliphatic rings. The maximum Gasteiger partial charge on any atom is 0.329 e. The number of benzene rings is 2. The van der Waals surface area contributed by atoms with Crippen LogP contribution in [0.4, 0.5) is 0 Å². The number of hydrogen-bond donors (Lipinski definition) is 2. The van der Waals surface area contributed by atoms with Crippen LogP contribution in [-0.2, 0) is 4.79 Å². The molecular weight excluding hydrogens is 378 g/mol. The minimum absolute atomic E-state index is 0.336. The second-order valence-electron chi connectivity index (χ2n) is 5.63. The Morgan fingerprint density at radius 1 is 1.17 bits per heavy atom. The average Bonchev–Trinajstić information content (AvgIpc) is 2.54. The molecule has 1 aliphatic heterocycles. The first-order chi connectivity index (χ1) is 11.0. The van der Waals surface area contributed by atoms with Gasteiger partial charge in [0.2, 0.25) is 0 Å². The van der Waals surface area contributed by atoms with Gasteiger partial charge >= 0.3 is 5.97 Å². The molecule has 1 saturated heterocycles. The topological polar surface area (TPSA) is 66.4 Å². The fraction of sp³-hybridized carbons (Fsp3) is 0.294. The first-order valence-electron chi connectivity index (χ1n) is 7.34. The van der Waals surface area contributed by atoms with E-state index in [0.29, 0.717) is 18.4 Å². The molecule has 2 aromatic rings. The maximum atomic E-state index is 12.8. The molecule has 1 fully saturated rings. The lowest BCUT2D eigenvalue weighted by molar-refractivity contribution is -0.144.